The number of nitrogens with one attached hydrogen (secondary N) is 2. The van der Waals surface area contributed by atoms with E-state index in [0.717, 1.165) is 76.7 Å². The number of aliphatic imine (C=N–C) groups is 1. The maximum atomic E-state index is 5.81. The molecule has 0 aliphatic carbocycles. The third-order valence-corrected chi connectivity index (χ3v) is 4.47. The summed E-state index contributed by atoms with van der Waals surface area (Å²) in [6.45, 7) is 10.5. The zero-order valence-corrected chi connectivity index (χ0v) is 20.2. The van der Waals surface area contributed by atoms with Crippen molar-refractivity contribution in [2.75, 3.05) is 46.1 Å². The maximum absolute atomic E-state index is 5.81. The number of ether oxygens (including phenoxy) is 3. The lowest BCUT2D eigenvalue weighted by atomic mass is 10.0. The predicted octanol–water partition coefficient (Wildman–Crippen LogP) is 3.38. The molecule has 7 nitrogen and oxygen atoms in total. The van der Waals surface area contributed by atoms with Crippen molar-refractivity contribution in [2.24, 2.45) is 10.9 Å². The second-order valence-electron chi connectivity index (χ2n) is 6.96. The molecule has 0 amide bonds. The smallest absolute Gasteiger partial charge is 0.213 e. The Bertz CT molecular complexity index is 551. The summed E-state index contributed by atoms with van der Waals surface area (Å²) in [7, 11) is 0. The zero-order chi connectivity index (χ0) is 19.9. The van der Waals surface area contributed by atoms with Gasteiger partial charge in [-0.05, 0) is 44.1 Å². The van der Waals surface area contributed by atoms with Crippen molar-refractivity contribution in [3.63, 3.8) is 0 Å². The molecule has 2 N–H and O–H groups in total. The molecule has 1 aromatic rings. The van der Waals surface area contributed by atoms with Crippen molar-refractivity contribution in [1.82, 2.24) is 15.6 Å². The van der Waals surface area contributed by atoms with Crippen molar-refractivity contribution in [3.05, 3.63) is 23.9 Å². The fourth-order valence-corrected chi connectivity index (χ4v) is 2.85. The number of pyridine rings is 1. The van der Waals surface area contributed by atoms with Gasteiger partial charge in [0.1, 0.15) is 0 Å². The number of aromatic nitrogens is 1. The van der Waals surface area contributed by atoms with Crippen LogP contribution in [0.25, 0.3) is 0 Å². The summed E-state index contributed by atoms with van der Waals surface area (Å²) in [6.07, 6.45) is 6.00. The zero-order valence-electron chi connectivity index (χ0n) is 17.8. The number of hydrogen-bond donors (Lipinski definition) is 2. The number of rotatable bonds is 12. The van der Waals surface area contributed by atoms with Crippen LogP contribution in [0.5, 0.6) is 5.88 Å². The van der Waals surface area contributed by atoms with Crippen LogP contribution in [0.15, 0.2) is 23.3 Å². The Morgan fingerprint density at radius 3 is 2.72 bits per heavy atom. The average Bonchev–Trinajstić information content (AvgIpc) is 2.74. The molecule has 0 atom stereocenters. The Kier molecular flexibility index (Phi) is 14.9. The van der Waals surface area contributed by atoms with Crippen LogP contribution >= 0.6 is 24.0 Å². The van der Waals surface area contributed by atoms with E-state index in [9.17, 15) is 0 Å². The molecule has 8 heteroatoms. The Balaban J connectivity index is 0.00000420. The minimum atomic E-state index is 0. The minimum Gasteiger partial charge on any atom is -0.478 e. The molecule has 2 rings (SSSR count). The van der Waals surface area contributed by atoms with Crippen molar-refractivity contribution < 1.29 is 14.2 Å². The van der Waals surface area contributed by atoms with Crippen LogP contribution < -0.4 is 15.4 Å². The molecule has 2 heterocycles. The lowest BCUT2D eigenvalue weighted by molar-refractivity contribution is 0.0203. The maximum Gasteiger partial charge on any atom is 0.213 e. The molecule has 0 aromatic carbocycles. The topological polar surface area (TPSA) is 77.0 Å². The molecule has 166 valence electrons. The van der Waals surface area contributed by atoms with Crippen LogP contribution in [0.3, 0.4) is 0 Å². The number of nitrogens with zero attached hydrogens (tertiary/aromatic N) is 2. The van der Waals surface area contributed by atoms with E-state index >= 15 is 0 Å². The third-order valence-electron chi connectivity index (χ3n) is 4.47. The summed E-state index contributed by atoms with van der Waals surface area (Å²) in [5.74, 6) is 2.14. The first-order valence-electron chi connectivity index (χ1n) is 10.6. The van der Waals surface area contributed by atoms with E-state index in [1.165, 1.54) is 0 Å². The van der Waals surface area contributed by atoms with Gasteiger partial charge in [-0.15, -0.1) is 24.0 Å². The second kappa shape index (κ2) is 16.6. The third kappa shape index (κ3) is 11.6. The molecular formula is C21H37IN4O3. The van der Waals surface area contributed by atoms with E-state index in [1.807, 2.05) is 18.3 Å². The second-order valence-corrected chi connectivity index (χ2v) is 6.96. The highest BCUT2D eigenvalue weighted by Crippen LogP contribution is 2.14. The molecule has 1 aromatic heterocycles. The summed E-state index contributed by atoms with van der Waals surface area (Å²) in [5, 5.41) is 6.64. The lowest BCUT2D eigenvalue weighted by Crippen LogP contribution is -2.38. The number of guanidine groups is 1. The molecule has 29 heavy (non-hydrogen) atoms. The molecule has 0 saturated carbocycles. The van der Waals surface area contributed by atoms with Gasteiger partial charge in [-0.25, -0.2) is 9.98 Å². The molecular weight excluding hydrogens is 483 g/mol. The molecule has 0 unspecified atom stereocenters. The first-order chi connectivity index (χ1) is 13.8. The van der Waals surface area contributed by atoms with Crippen LogP contribution in [-0.4, -0.2) is 57.1 Å². The van der Waals surface area contributed by atoms with E-state index in [-0.39, 0.29) is 24.0 Å². The molecule has 1 saturated heterocycles. The van der Waals surface area contributed by atoms with E-state index in [0.29, 0.717) is 24.9 Å². The van der Waals surface area contributed by atoms with Crippen LogP contribution in [0.2, 0.25) is 0 Å². The molecule has 1 aliphatic heterocycles. The van der Waals surface area contributed by atoms with Gasteiger partial charge in [0.2, 0.25) is 5.88 Å². The van der Waals surface area contributed by atoms with Crippen molar-refractivity contribution in [1.29, 1.82) is 0 Å². The summed E-state index contributed by atoms with van der Waals surface area (Å²) in [6, 6.07) is 3.91. The Labute approximate surface area is 192 Å². The first-order valence-corrected chi connectivity index (χ1v) is 10.6. The standard InChI is InChI=1S/C21H36N4O3.HI/c1-3-11-28-20-7-6-19(15-24-20)16-25-21(22-4-2)23-10-5-12-27-17-18-8-13-26-14-9-18;/h6-7,15,18H,3-5,8-14,16-17H2,1-2H3,(H2,22,23,25);1H. The summed E-state index contributed by atoms with van der Waals surface area (Å²) < 4.78 is 16.7. The molecule has 1 aliphatic rings. The van der Waals surface area contributed by atoms with Gasteiger partial charge in [0.05, 0.1) is 13.2 Å². The lowest BCUT2D eigenvalue weighted by Gasteiger charge is -2.21. The van der Waals surface area contributed by atoms with Gasteiger partial charge in [0, 0.05) is 51.8 Å². The largest absolute Gasteiger partial charge is 0.478 e. The first kappa shape index (κ1) is 25.9. The average molecular weight is 520 g/mol. The van der Waals surface area contributed by atoms with E-state index in [1.54, 1.807) is 0 Å². The van der Waals surface area contributed by atoms with Crippen LogP contribution in [-0.2, 0) is 16.0 Å². The van der Waals surface area contributed by atoms with Gasteiger partial charge < -0.3 is 24.8 Å². The van der Waals surface area contributed by atoms with E-state index in [2.05, 4.69) is 34.5 Å². The fourth-order valence-electron chi connectivity index (χ4n) is 2.85. The van der Waals surface area contributed by atoms with Crippen molar-refractivity contribution in [2.45, 2.75) is 46.1 Å². The summed E-state index contributed by atoms with van der Waals surface area (Å²) in [5.41, 5.74) is 1.06. The highest BCUT2D eigenvalue weighted by Gasteiger charge is 2.13. The van der Waals surface area contributed by atoms with Gasteiger partial charge in [-0.2, -0.15) is 0 Å². The Hall–Kier alpha value is -1.13. The predicted molar refractivity (Wildman–Crippen MR) is 127 cm³/mol. The van der Waals surface area contributed by atoms with Gasteiger partial charge >= 0.3 is 0 Å². The van der Waals surface area contributed by atoms with Gasteiger partial charge in [-0.3, -0.25) is 0 Å². The van der Waals surface area contributed by atoms with Gasteiger partial charge in [0.15, 0.2) is 5.96 Å². The van der Waals surface area contributed by atoms with Crippen LogP contribution in [0.4, 0.5) is 0 Å². The quantitative estimate of drug-likeness (QED) is 0.191. The highest BCUT2D eigenvalue weighted by molar-refractivity contribution is 14.0. The van der Waals surface area contributed by atoms with Gasteiger partial charge in [-0.1, -0.05) is 13.0 Å². The Morgan fingerprint density at radius 2 is 2.03 bits per heavy atom. The molecule has 0 radical (unpaired) electrons. The van der Waals surface area contributed by atoms with E-state index in [4.69, 9.17) is 14.2 Å². The molecule has 1 fully saturated rings. The minimum absolute atomic E-state index is 0. The highest BCUT2D eigenvalue weighted by atomic mass is 127. The molecule has 0 spiro atoms. The number of halogens is 1. The van der Waals surface area contributed by atoms with Crippen LogP contribution in [0.1, 0.15) is 45.1 Å². The van der Waals surface area contributed by atoms with Gasteiger partial charge in [0.25, 0.3) is 0 Å². The summed E-state index contributed by atoms with van der Waals surface area (Å²) in [4.78, 5) is 8.94. The summed E-state index contributed by atoms with van der Waals surface area (Å²) >= 11 is 0. The molecule has 0 bridgehead atoms. The fraction of sp³-hybridized carbons (Fsp3) is 0.714. The van der Waals surface area contributed by atoms with Crippen molar-refractivity contribution >= 4 is 29.9 Å². The van der Waals surface area contributed by atoms with Crippen LogP contribution in [0, 0.1) is 5.92 Å². The SMILES string of the molecule is CCCOc1ccc(CN=C(NCC)NCCCOCC2CCOCC2)cn1.I. The Morgan fingerprint density at radius 1 is 1.21 bits per heavy atom. The van der Waals surface area contributed by atoms with Crippen molar-refractivity contribution in [3.8, 4) is 5.88 Å². The monoisotopic (exact) mass is 520 g/mol. The van der Waals surface area contributed by atoms with E-state index < -0.39 is 0 Å². The normalized spacial score (nSPS) is 14.9. The number of hydrogen-bond acceptors (Lipinski definition) is 5.